The highest BCUT2D eigenvalue weighted by Gasteiger charge is 2.29. The molecule has 9 heteroatoms. The fourth-order valence-corrected chi connectivity index (χ4v) is 6.04. The van der Waals surface area contributed by atoms with E-state index in [1.165, 1.54) is 27.8 Å². The Labute approximate surface area is 232 Å². The van der Waals surface area contributed by atoms with E-state index in [9.17, 15) is 4.39 Å². The van der Waals surface area contributed by atoms with Gasteiger partial charge in [-0.1, -0.05) is 30.3 Å². The summed E-state index contributed by atoms with van der Waals surface area (Å²) in [4.78, 5) is 7.51. The molecule has 1 aromatic heterocycles. The third kappa shape index (κ3) is 5.55. The minimum atomic E-state index is -0.265. The van der Waals surface area contributed by atoms with Crippen LogP contribution >= 0.6 is 36.2 Å². The molecule has 3 aromatic carbocycles. The van der Waals surface area contributed by atoms with Crippen LogP contribution in [0.4, 0.5) is 20.8 Å². The second-order valence-corrected chi connectivity index (χ2v) is 10.1. The first kappa shape index (κ1) is 27.2. The van der Waals surface area contributed by atoms with Gasteiger partial charge in [0.15, 0.2) is 0 Å². The Bertz CT molecular complexity index is 1410. The van der Waals surface area contributed by atoms with Crippen molar-refractivity contribution < 1.29 is 9.13 Å². The van der Waals surface area contributed by atoms with Crippen LogP contribution in [0.2, 0.25) is 0 Å². The first-order valence-electron chi connectivity index (χ1n) is 12.0. The van der Waals surface area contributed by atoms with Crippen molar-refractivity contribution in [1.82, 2.24) is 10.2 Å². The number of aliphatic imine (C=N–C) groups is 1. The third-order valence-electron chi connectivity index (χ3n) is 6.75. The van der Waals surface area contributed by atoms with E-state index in [-0.39, 0.29) is 30.6 Å². The zero-order valence-corrected chi connectivity index (χ0v) is 22.8. The van der Waals surface area contributed by atoms with E-state index in [4.69, 9.17) is 9.73 Å². The van der Waals surface area contributed by atoms with Crippen molar-refractivity contribution in [2.45, 2.75) is 18.9 Å². The minimum absolute atomic E-state index is 0. The number of ether oxygens (including phenoxy) is 1. The van der Waals surface area contributed by atoms with Crippen LogP contribution in [0.3, 0.4) is 0 Å². The lowest BCUT2D eigenvalue weighted by atomic mass is 10.0. The summed E-state index contributed by atoms with van der Waals surface area (Å²) in [5.41, 5.74) is 3.89. The van der Waals surface area contributed by atoms with Gasteiger partial charge in [-0.3, -0.25) is 0 Å². The van der Waals surface area contributed by atoms with E-state index >= 15 is 0 Å². The number of anilines is 2. The molecule has 0 aliphatic carbocycles. The summed E-state index contributed by atoms with van der Waals surface area (Å²) < 4.78 is 20.5. The van der Waals surface area contributed by atoms with Gasteiger partial charge < -0.3 is 20.3 Å². The summed E-state index contributed by atoms with van der Waals surface area (Å²) in [6, 6.07) is 21.9. The van der Waals surface area contributed by atoms with Crippen LogP contribution in [0.25, 0.3) is 10.1 Å². The number of piperazine rings is 1. The molecule has 0 saturated carbocycles. The van der Waals surface area contributed by atoms with Crippen LogP contribution in [0.5, 0.6) is 5.75 Å². The molecule has 3 heterocycles. The molecule has 194 valence electrons. The normalized spacial score (nSPS) is 16.3. The van der Waals surface area contributed by atoms with Crippen LogP contribution in [-0.4, -0.2) is 43.5 Å². The number of nitrogens with one attached hydrogen (secondary N) is 2. The molecule has 0 bridgehead atoms. The molecule has 1 atom stereocenters. The molecule has 2 aliphatic heterocycles. The van der Waals surface area contributed by atoms with Crippen molar-refractivity contribution in [3.8, 4) is 5.75 Å². The lowest BCUT2D eigenvalue weighted by Crippen LogP contribution is -2.52. The smallest absolute Gasteiger partial charge is 0.140 e. The SMILES string of the molecule is COc1ccc(CCC2CN(C3=Nc4ccc(F)cc4Nc4sc5ccccc5c43)CCN2)cc1.Cl.Cl. The van der Waals surface area contributed by atoms with E-state index in [0.717, 1.165) is 60.3 Å². The van der Waals surface area contributed by atoms with E-state index < -0.39 is 0 Å². The van der Waals surface area contributed by atoms with Gasteiger partial charge in [0, 0.05) is 35.8 Å². The van der Waals surface area contributed by atoms with Gasteiger partial charge in [-0.2, -0.15) is 0 Å². The molecule has 1 fully saturated rings. The summed E-state index contributed by atoms with van der Waals surface area (Å²) in [6.07, 6.45) is 2.03. The van der Waals surface area contributed by atoms with Gasteiger partial charge in [0.25, 0.3) is 0 Å². The van der Waals surface area contributed by atoms with Gasteiger partial charge in [-0.05, 0) is 54.8 Å². The molecular formula is C28H29Cl2FN4OS. The molecule has 2 N–H and O–H groups in total. The highest BCUT2D eigenvalue weighted by atomic mass is 35.5. The number of hydrogen-bond acceptors (Lipinski definition) is 6. The summed E-state index contributed by atoms with van der Waals surface area (Å²) in [5, 5.41) is 9.37. The Morgan fingerprint density at radius 2 is 1.89 bits per heavy atom. The summed E-state index contributed by atoms with van der Waals surface area (Å²) in [6.45, 7) is 2.64. The first-order chi connectivity index (χ1) is 17.2. The summed E-state index contributed by atoms with van der Waals surface area (Å²) in [7, 11) is 1.69. The fraction of sp³-hybridized carbons (Fsp3) is 0.250. The lowest BCUT2D eigenvalue weighted by Gasteiger charge is -2.36. The standard InChI is InChI=1S/C28H27FN4OS.2ClH/c1-34-21-11-7-18(8-12-21)6-10-20-17-33(15-14-30-20)27-26-22-4-2-3-5-25(22)35-28(26)32-24-16-19(29)9-13-23(24)31-27;;/h2-5,7-9,11-13,16,20,30,32H,6,10,14-15,17H2,1H3;2*1H. The maximum atomic E-state index is 14.1. The maximum absolute atomic E-state index is 14.1. The first-order valence-corrected chi connectivity index (χ1v) is 12.8. The summed E-state index contributed by atoms with van der Waals surface area (Å²) >= 11 is 1.69. The monoisotopic (exact) mass is 558 g/mol. The predicted molar refractivity (Wildman–Crippen MR) is 157 cm³/mol. The quantitative estimate of drug-likeness (QED) is 0.285. The van der Waals surface area contributed by atoms with Gasteiger partial charge >= 0.3 is 0 Å². The Kier molecular flexibility index (Phi) is 8.60. The molecule has 37 heavy (non-hydrogen) atoms. The number of nitrogens with zero attached hydrogens (tertiary/aromatic N) is 2. The van der Waals surface area contributed by atoms with Crippen molar-refractivity contribution in [2.24, 2.45) is 4.99 Å². The number of methoxy groups -OCH3 is 1. The number of rotatable bonds is 4. The molecule has 2 aliphatic rings. The van der Waals surface area contributed by atoms with Crippen molar-refractivity contribution >= 4 is 68.4 Å². The van der Waals surface area contributed by atoms with Crippen molar-refractivity contribution in [1.29, 1.82) is 0 Å². The number of aryl methyl sites for hydroxylation is 1. The van der Waals surface area contributed by atoms with Gasteiger partial charge in [-0.25, -0.2) is 9.38 Å². The Balaban J connectivity index is 0.00000160. The van der Waals surface area contributed by atoms with Crippen molar-refractivity contribution in [3.63, 3.8) is 0 Å². The van der Waals surface area contributed by atoms with Crippen LogP contribution in [0, 0.1) is 5.82 Å². The van der Waals surface area contributed by atoms with E-state index in [0.29, 0.717) is 11.7 Å². The average Bonchev–Trinajstić information content (AvgIpc) is 3.17. The molecule has 0 radical (unpaired) electrons. The average molecular weight is 560 g/mol. The lowest BCUT2D eigenvalue weighted by molar-refractivity contribution is 0.282. The van der Waals surface area contributed by atoms with Gasteiger partial charge in [0.1, 0.15) is 22.4 Å². The second kappa shape index (κ2) is 11.7. The zero-order valence-electron chi connectivity index (χ0n) is 20.4. The van der Waals surface area contributed by atoms with Crippen molar-refractivity contribution in [2.75, 3.05) is 32.1 Å². The largest absolute Gasteiger partial charge is 0.497 e. The minimum Gasteiger partial charge on any atom is -0.497 e. The molecule has 1 unspecified atom stereocenters. The second-order valence-electron chi connectivity index (χ2n) is 9.01. The van der Waals surface area contributed by atoms with Crippen LogP contribution < -0.4 is 15.4 Å². The van der Waals surface area contributed by atoms with E-state index in [1.54, 1.807) is 24.5 Å². The van der Waals surface area contributed by atoms with Gasteiger partial charge in [0.05, 0.1) is 24.0 Å². The predicted octanol–water partition coefficient (Wildman–Crippen LogP) is 6.93. The van der Waals surface area contributed by atoms with Crippen molar-refractivity contribution in [3.05, 3.63) is 83.7 Å². The Morgan fingerprint density at radius 1 is 1.08 bits per heavy atom. The topological polar surface area (TPSA) is 48.9 Å². The Morgan fingerprint density at radius 3 is 2.70 bits per heavy atom. The number of thiophene rings is 1. The van der Waals surface area contributed by atoms with Crippen LogP contribution in [0.1, 0.15) is 17.5 Å². The molecular weight excluding hydrogens is 530 g/mol. The molecule has 0 amide bonds. The van der Waals surface area contributed by atoms with E-state index in [1.807, 2.05) is 12.1 Å². The molecule has 0 spiro atoms. The number of halogens is 3. The van der Waals surface area contributed by atoms with Gasteiger partial charge in [-0.15, -0.1) is 36.2 Å². The molecule has 4 aromatic rings. The molecule has 6 rings (SSSR count). The highest BCUT2D eigenvalue weighted by Crippen LogP contribution is 2.43. The fourth-order valence-electron chi connectivity index (χ4n) is 4.93. The molecule has 1 saturated heterocycles. The molecule has 5 nitrogen and oxygen atoms in total. The number of benzene rings is 3. The third-order valence-corrected chi connectivity index (χ3v) is 7.83. The summed E-state index contributed by atoms with van der Waals surface area (Å²) in [5.74, 6) is 1.58. The maximum Gasteiger partial charge on any atom is 0.140 e. The van der Waals surface area contributed by atoms with Crippen LogP contribution in [-0.2, 0) is 6.42 Å². The Hall–Kier alpha value is -2.84. The number of fused-ring (bicyclic) bond motifs is 4. The van der Waals surface area contributed by atoms with Gasteiger partial charge in [0.2, 0.25) is 0 Å². The number of hydrogen-bond donors (Lipinski definition) is 2. The highest BCUT2D eigenvalue weighted by molar-refractivity contribution is 7.23. The van der Waals surface area contributed by atoms with E-state index in [2.05, 4.69) is 51.9 Å². The van der Waals surface area contributed by atoms with Crippen LogP contribution in [0.15, 0.2) is 71.7 Å². The number of amidine groups is 1. The zero-order chi connectivity index (χ0) is 23.8.